The van der Waals surface area contributed by atoms with E-state index in [9.17, 15) is 0 Å². The Morgan fingerprint density at radius 1 is 1.26 bits per heavy atom. The van der Waals surface area contributed by atoms with E-state index in [0.717, 1.165) is 36.8 Å². The van der Waals surface area contributed by atoms with Gasteiger partial charge in [-0.1, -0.05) is 6.92 Å². The van der Waals surface area contributed by atoms with E-state index < -0.39 is 0 Å². The maximum atomic E-state index is 4.46. The molecule has 0 spiro atoms. The van der Waals surface area contributed by atoms with Crippen molar-refractivity contribution in [3.8, 4) is 0 Å². The van der Waals surface area contributed by atoms with E-state index >= 15 is 0 Å². The molecule has 0 saturated carbocycles. The van der Waals surface area contributed by atoms with Crippen LogP contribution in [0.2, 0.25) is 0 Å². The lowest BCUT2D eigenvalue weighted by Gasteiger charge is -2.09. The first-order valence-electron chi connectivity index (χ1n) is 6.49. The summed E-state index contributed by atoms with van der Waals surface area (Å²) >= 11 is 0. The van der Waals surface area contributed by atoms with Crippen molar-refractivity contribution in [2.75, 3.05) is 24.2 Å². The van der Waals surface area contributed by atoms with Crippen LogP contribution >= 0.6 is 0 Å². The highest BCUT2D eigenvalue weighted by atomic mass is 15.3. The Morgan fingerprint density at radius 3 is 2.68 bits per heavy atom. The summed E-state index contributed by atoms with van der Waals surface area (Å²) in [6, 6.07) is 3.95. The maximum absolute atomic E-state index is 4.46. The first-order valence-corrected chi connectivity index (χ1v) is 6.49. The van der Waals surface area contributed by atoms with Gasteiger partial charge in [-0.15, -0.1) is 0 Å². The lowest BCUT2D eigenvalue weighted by atomic mass is 10.3. The van der Waals surface area contributed by atoms with Gasteiger partial charge in [-0.05, 0) is 6.07 Å². The fraction of sp³-hybridized carbons (Fsp3) is 0.462. The topological polar surface area (TPSA) is 67.7 Å². The molecule has 6 heteroatoms. The van der Waals surface area contributed by atoms with Crippen LogP contribution in [0.5, 0.6) is 0 Å². The summed E-state index contributed by atoms with van der Waals surface area (Å²) in [6.45, 7) is 2.87. The lowest BCUT2D eigenvalue weighted by molar-refractivity contribution is 0.710. The minimum atomic E-state index is 0.822. The van der Waals surface area contributed by atoms with E-state index in [2.05, 4.69) is 25.7 Å². The third-order valence-corrected chi connectivity index (χ3v) is 2.95. The highest BCUT2D eigenvalue weighted by Gasteiger charge is 2.03. The molecule has 0 aliphatic heterocycles. The van der Waals surface area contributed by atoms with Crippen molar-refractivity contribution < 1.29 is 0 Å². The molecule has 0 atom stereocenters. The van der Waals surface area contributed by atoms with Gasteiger partial charge in [0.05, 0.1) is 0 Å². The third kappa shape index (κ3) is 3.43. The molecule has 0 saturated heterocycles. The number of nitrogens with one attached hydrogen (secondary N) is 2. The van der Waals surface area contributed by atoms with Crippen molar-refractivity contribution >= 4 is 11.6 Å². The molecule has 2 rings (SSSR count). The minimum Gasteiger partial charge on any atom is -0.373 e. The maximum Gasteiger partial charge on any atom is 0.132 e. The highest BCUT2D eigenvalue weighted by Crippen LogP contribution is 2.11. The Hall–Kier alpha value is -2.11. The number of rotatable bonds is 6. The van der Waals surface area contributed by atoms with Gasteiger partial charge < -0.3 is 10.6 Å². The number of aromatic nitrogens is 4. The molecular weight excluding hydrogens is 240 g/mol. The molecule has 19 heavy (non-hydrogen) atoms. The van der Waals surface area contributed by atoms with Gasteiger partial charge >= 0.3 is 0 Å². The van der Waals surface area contributed by atoms with Crippen LogP contribution < -0.4 is 10.6 Å². The molecule has 0 bridgehead atoms. The fourth-order valence-electron chi connectivity index (χ4n) is 1.84. The van der Waals surface area contributed by atoms with Crippen LogP contribution in [-0.2, 0) is 19.9 Å². The van der Waals surface area contributed by atoms with Crippen LogP contribution in [-0.4, -0.2) is 33.3 Å². The Kier molecular flexibility index (Phi) is 4.33. The summed E-state index contributed by atoms with van der Waals surface area (Å²) in [4.78, 5) is 8.82. The number of nitrogens with zero attached hydrogens (tertiary/aromatic N) is 4. The zero-order chi connectivity index (χ0) is 13.7. The van der Waals surface area contributed by atoms with E-state index in [1.165, 1.54) is 5.69 Å². The van der Waals surface area contributed by atoms with Crippen LogP contribution in [0.15, 0.2) is 18.3 Å². The van der Waals surface area contributed by atoms with Gasteiger partial charge in [-0.2, -0.15) is 5.10 Å². The summed E-state index contributed by atoms with van der Waals surface area (Å²) < 4.78 is 1.89. The summed E-state index contributed by atoms with van der Waals surface area (Å²) in [5.41, 5.74) is 1.20. The van der Waals surface area contributed by atoms with E-state index in [1.807, 2.05) is 44.0 Å². The van der Waals surface area contributed by atoms with E-state index in [1.54, 1.807) is 0 Å². The molecule has 2 aromatic rings. The quantitative estimate of drug-likeness (QED) is 0.823. The summed E-state index contributed by atoms with van der Waals surface area (Å²) in [5, 5.41) is 10.5. The van der Waals surface area contributed by atoms with Gasteiger partial charge in [0.25, 0.3) is 0 Å². The van der Waals surface area contributed by atoms with Crippen molar-refractivity contribution in [3.63, 3.8) is 0 Å². The standard InChI is InChI=1S/C13H20N6/c1-4-11-17-12(14-2)9-13(18-11)15-7-5-10-6-8-16-19(10)3/h6,8-9H,4-5,7H2,1-3H3,(H2,14,15,17,18). The smallest absolute Gasteiger partial charge is 0.132 e. The molecule has 0 unspecified atom stereocenters. The van der Waals surface area contributed by atoms with Gasteiger partial charge in [-0.3, -0.25) is 4.68 Å². The monoisotopic (exact) mass is 260 g/mol. The number of hydrogen-bond donors (Lipinski definition) is 2. The largest absolute Gasteiger partial charge is 0.373 e. The predicted molar refractivity (Wildman–Crippen MR) is 76.4 cm³/mol. The van der Waals surface area contributed by atoms with Crippen molar-refractivity contribution in [2.45, 2.75) is 19.8 Å². The van der Waals surface area contributed by atoms with E-state index in [4.69, 9.17) is 0 Å². The lowest BCUT2D eigenvalue weighted by Crippen LogP contribution is -2.11. The Morgan fingerprint density at radius 2 is 2.05 bits per heavy atom. The van der Waals surface area contributed by atoms with Crippen molar-refractivity contribution in [1.82, 2.24) is 19.7 Å². The third-order valence-electron chi connectivity index (χ3n) is 2.95. The summed E-state index contributed by atoms with van der Waals surface area (Å²) in [7, 11) is 3.81. The van der Waals surface area contributed by atoms with Crippen LogP contribution in [0, 0.1) is 0 Å². The second kappa shape index (κ2) is 6.17. The Bertz CT molecular complexity index is 511. The van der Waals surface area contributed by atoms with Gasteiger partial charge in [0.2, 0.25) is 0 Å². The summed E-state index contributed by atoms with van der Waals surface area (Å²) in [5.74, 6) is 2.54. The number of aryl methyl sites for hydroxylation is 2. The molecule has 2 heterocycles. The van der Waals surface area contributed by atoms with E-state index in [-0.39, 0.29) is 0 Å². The minimum absolute atomic E-state index is 0.822. The van der Waals surface area contributed by atoms with Crippen LogP contribution in [0.4, 0.5) is 11.6 Å². The molecule has 0 radical (unpaired) electrons. The van der Waals surface area contributed by atoms with E-state index in [0.29, 0.717) is 0 Å². The molecule has 2 aromatic heterocycles. The average molecular weight is 260 g/mol. The Balaban J connectivity index is 1.97. The molecule has 0 amide bonds. The molecule has 102 valence electrons. The SMILES string of the molecule is CCc1nc(NC)cc(NCCc2ccnn2C)n1. The van der Waals surface area contributed by atoms with Gasteiger partial charge in [0.1, 0.15) is 17.5 Å². The second-order valence-corrected chi connectivity index (χ2v) is 4.28. The van der Waals surface area contributed by atoms with Crippen molar-refractivity contribution in [2.24, 2.45) is 7.05 Å². The first-order chi connectivity index (χ1) is 9.22. The van der Waals surface area contributed by atoms with Crippen LogP contribution in [0.1, 0.15) is 18.4 Å². The van der Waals surface area contributed by atoms with Crippen LogP contribution in [0.3, 0.4) is 0 Å². The number of hydrogen-bond acceptors (Lipinski definition) is 5. The zero-order valence-electron chi connectivity index (χ0n) is 11.6. The number of anilines is 2. The van der Waals surface area contributed by atoms with Crippen LogP contribution in [0.25, 0.3) is 0 Å². The summed E-state index contributed by atoms with van der Waals surface area (Å²) in [6.07, 6.45) is 3.55. The molecule has 2 N–H and O–H groups in total. The molecule has 6 nitrogen and oxygen atoms in total. The van der Waals surface area contributed by atoms with Gasteiger partial charge in [-0.25, -0.2) is 9.97 Å². The average Bonchev–Trinajstić information content (AvgIpc) is 2.84. The van der Waals surface area contributed by atoms with Gasteiger partial charge in [0.15, 0.2) is 0 Å². The molecule has 0 aromatic carbocycles. The molecule has 0 aliphatic rings. The fourth-order valence-corrected chi connectivity index (χ4v) is 1.84. The molecule has 0 fully saturated rings. The Labute approximate surface area is 113 Å². The molecule has 0 aliphatic carbocycles. The second-order valence-electron chi connectivity index (χ2n) is 4.28. The first kappa shape index (κ1) is 13.3. The zero-order valence-corrected chi connectivity index (χ0v) is 11.6. The van der Waals surface area contributed by atoms with Crippen molar-refractivity contribution in [1.29, 1.82) is 0 Å². The van der Waals surface area contributed by atoms with Gasteiger partial charge in [0, 0.05) is 51.4 Å². The predicted octanol–water partition coefficient (Wildman–Crippen LogP) is 1.47. The highest BCUT2D eigenvalue weighted by molar-refractivity contribution is 5.47. The molecular formula is C13H20N6. The van der Waals surface area contributed by atoms with Crippen molar-refractivity contribution in [3.05, 3.63) is 29.8 Å². The normalized spacial score (nSPS) is 10.5.